The number of hydrogen-bond acceptors (Lipinski definition) is 2. The molecule has 0 saturated carbocycles. The van der Waals surface area contributed by atoms with E-state index in [1.807, 2.05) is 18.2 Å². The molecule has 3 rings (SSSR count). The first-order chi connectivity index (χ1) is 10.2. The summed E-state index contributed by atoms with van der Waals surface area (Å²) in [6.45, 7) is 2.45. The van der Waals surface area contributed by atoms with Gasteiger partial charge in [-0.15, -0.1) is 0 Å². The Morgan fingerprint density at radius 2 is 1.76 bits per heavy atom. The molecule has 2 aromatic carbocycles. The largest absolute Gasteiger partial charge is 0.371 e. The van der Waals surface area contributed by atoms with Crippen LogP contribution in [-0.2, 0) is 11.3 Å². The lowest BCUT2D eigenvalue weighted by molar-refractivity contribution is 0.00758. The molecule has 1 aliphatic rings. The first kappa shape index (κ1) is 14.2. The Bertz CT molecular complexity index is 628. The second-order valence-electron chi connectivity index (χ2n) is 5.73. The van der Waals surface area contributed by atoms with Gasteiger partial charge >= 0.3 is 0 Å². The van der Waals surface area contributed by atoms with Gasteiger partial charge < -0.3 is 10.5 Å². The Labute approximate surface area is 124 Å². The maximum absolute atomic E-state index is 13.6. The second kappa shape index (κ2) is 5.96. The molecule has 2 nitrogen and oxygen atoms in total. The van der Waals surface area contributed by atoms with Crippen molar-refractivity contribution in [3.63, 3.8) is 0 Å². The molecule has 1 aliphatic carbocycles. The summed E-state index contributed by atoms with van der Waals surface area (Å²) in [5.41, 5.74) is 9.37. The molecule has 21 heavy (non-hydrogen) atoms. The van der Waals surface area contributed by atoms with Crippen molar-refractivity contribution in [2.75, 3.05) is 0 Å². The standard InChI is InChI=1S/C18H20FNO/c1-12-10-17(18(20)15-8-4-3-7-14(12)15)21-11-13-6-2-5-9-16(13)19/h2-9,12,17-18H,10-11,20H2,1H3. The molecule has 0 radical (unpaired) electrons. The van der Waals surface area contributed by atoms with Crippen molar-refractivity contribution in [3.05, 3.63) is 71.0 Å². The van der Waals surface area contributed by atoms with Crippen LogP contribution in [0.25, 0.3) is 0 Å². The zero-order chi connectivity index (χ0) is 14.8. The second-order valence-corrected chi connectivity index (χ2v) is 5.73. The van der Waals surface area contributed by atoms with Gasteiger partial charge in [-0.2, -0.15) is 0 Å². The Hall–Kier alpha value is -1.71. The molecule has 0 saturated heterocycles. The van der Waals surface area contributed by atoms with E-state index in [2.05, 4.69) is 19.1 Å². The Kier molecular flexibility index (Phi) is 4.04. The zero-order valence-electron chi connectivity index (χ0n) is 12.1. The van der Waals surface area contributed by atoms with Crippen molar-refractivity contribution < 1.29 is 9.13 Å². The summed E-state index contributed by atoms with van der Waals surface area (Å²) in [6.07, 6.45) is 0.793. The molecule has 2 N–H and O–H groups in total. The van der Waals surface area contributed by atoms with Gasteiger partial charge in [-0.3, -0.25) is 0 Å². The van der Waals surface area contributed by atoms with Gasteiger partial charge in [-0.25, -0.2) is 4.39 Å². The number of ether oxygens (including phenoxy) is 1. The molecule has 3 atom stereocenters. The zero-order valence-corrected chi connectivity index (χ0v) is 12.1. The van der Waals surface area contributed by atoms with Crippen LogP contribution >= 0.6 is 0 Å². The molecule has 0 spiro atoms. The van der Waals surface area contributed by atoms with Gasteiger partial charge in [-0.05, 0) is 29.5 Å². The minimum absolute atomic E-state index is 0.0745. The monoisotopic (exact) mass is 285 g/mol. The predicted octanol–water partition coefficient (Wildman–Crippen LogP) is 3.92. The van der Waals surface area contributed by atoms with Gasteiger partial charge in [0.1, 0.15) is 5.82 Å². The minimum Gasteiger partial charge on any atom is -0.371 e. The van der Waals surface area contributed by atoms with Gasteiger partial charge in [0.05, 0.1) is 18.8 Å². The maximum atomic E-state index is 13.6. The summed E-state index contributed by atoms with van der Waals surface area (Å²) in [7, 11) is 0. The van der Waals surface area contributed by atoms with Crippen molar-refractivity contribution in [3.8, 4) is 0 Å². The summed E-state index contributed by atoms with van der Waals surface area (Å²) in [6, 6.07) is 14.8. The lowest BCUT2D eigenvalue weighted by Crippen LogP contribution is -2.35. The van der Waals surface area contributed by atoms with Crippen LogP contribution < -0.4 is 5.73 Å². The van der Waals surface area contributed by atoms with Crippen LogP contribution in [0.15, 0.2) is 48.5 Å². The van der Waals surface area contributed by atoms with Crippen LogP contribution in [0.4, 0.5) is 4.39 Å². The van der Waals surface area contributed by atoms with Gasteiger partial charge in [0, 0.05) is 5.56 Å². The molecule has 3 heteroatoms. The number of benzene rings is 2. The quantitative estimate of drug-likeness (QED) is 0.927. The molecule has 110 valence electrons. The molecular formula is C18H20FNO. The minimum atomic E-state index is -0.227. The van der Waals surface area contributed by atoms with Crippen molar-refractivity contribution in [2.45, 2.75) is 38.0 Å². The number of nitrogens with two attached hydrogens (primary N) is 1. The molecule has 0 aromatic heterocycles. The molecule has 0 bridgehead atoms. The fraction of sp³-hybridized carbons (Fsp3) is 0.333. The SMILES string of the molecule is CC1CC(OCc2ccccc2F)C(N)c2ccccc21. The van der Waals surface area contributed by atoms with Crippen LogP contribution in [0.2, 0.25) is 0 Å². The van der Waals surface area contributed by atoms with Crippen molar-refractivity contribution in [1.82, 2.24) is 0 Å². The maximum Gasteiger partial charge on any atom is 0.128 e. The average Bonchev–Trinajstić information content (AvgIpc) is 2.51. The lowest BCUT2D eigenvalue weighted by atomic mass is 9.79. The van der Waals surface area contributed by atoms with Gasteiger partial charge in [0.25, 0.3) is 0 Å². The first-order valence-corrected chi connectivity index (χ1v) is 7.36. The first-order valence-electron chi connectivity index (χ1n) is 7.36. The van der Waals surface area contributed by atoms with Crippen LogP contribution in [0, 0.1) is 5.82 Å². The van der Waals surface area contributed by atoms with Crippen LogP contribution in [-0.4, -0.2) is 6.10 Å². The van der Waals surface area contributed by atoms with Gasteiger partial charge in [0.15, 0.2) is 0 Å². The third kappa shape index (κ3) is 2.85. The fourth-order valence-corrected chi connectivity index (χ4v) is 3.07. The third-order valence-electron chi connectivity index (χ3n) is 4.28. The van der Waals surface area contributed by atoms with E-state index in [-0.39, 0.29) is 24.6 Å². The van der Waals surface area contributed by atoms with Gasteiger partial charge in [0.2, 0.25) is 0 Å². The summed E-state index contributed by atoms with van der Waals surface area (Å²) < 4.78 is 19.6. The number of hydrogen-bond donors (Lipinski definition) is 1. The number of fused-ring (bicyclic) bond motifs is 1. The van der Waals surface area contributed by atoms with Crippen LogP contribution in [0.3, 0.4) is 0 Å². The van der Waals surface area contributed by atoms with Crippen molar-refractivity contribution in [1.29, 1.82) is 0 Å². The topological polar surface area (TPSA) is 35.2 Å². The van der Waals surface area contributed by atoms with Crippen LogP contribution in [0.1, 0.15) is 42.0 Å². The highest BCUT2D eigenvalue weighted by Crippen LogP contribution is 2.37. The summed E-state index contributed by atoms with van der Waals surface area (Å²) in [5.74, 6) is 0.182. The van der Waals surface area contributed by atoms with Crippen molar-refractivity contribution >= 4 is 0 Å². The average molecular weight is 285 g/mol. The molecule has 0 heterocycles. The van der Waals surface area contributed by atoms with E-state index in [1.54, 1.807) is 12.1 Å². The van der Waals surface area contributed by atoms with E-state index in [0.29, 0.717) is 11.5 Å². The van der Waals surface area contributed by atoms with E-state index in [1.165, 1.54) is 11.6 Å². The summed E-state index contributed by atoms with van der Waals surface area (Å²) >= 11 is 0. The number of rotatable bonds is 3. The normalized spacial score (nSPS) is 24.6. The number of halogens is 1. The highest BCUT2D eigenvalue weighted by molar-refractivity contribution is 5.36. The fourth-order valence-electron chi connectivity index (χ4n) is 3.07. The molecule has 3 unspecified atom stereocenters. The molecule has 0 aliphatic heterocycles. The van der Waals surface area contributed by atoms with E-state index < -0.39 is 0 Å². The summed E-state index contributed by atoms with van der Waals surface area (Å²) in [4.78, 5) is 0. The molecular weight excluding hydrogens is 265 g/mol. The van der Waals surface area contributed by atoms with E-state index in [0.717, 1.165) is 12.0 Å². The highest BCUT2D eigenvalue weighted by Gasteiger charge is 2.31. The van der Waals surface area contributed by atoms with Crippen LogP contribution in [0.5, 0.6) is 0 Å². The lowest BCUT2D eigenvalue weighted by Gasteiger charge is -2.34. The Morgan fingerprint density at radius 3 is 2.52 bits per heavy atom. The predicted molar refractivity (Wildman–Crippen MR) is 81.4 cm³/mol. The van der Waals surface area contributed by atoms with E-state index in [9.17, 15) is 4.39 Å². The molecule has 0 amide bonds. The smallest absolute Gasteiger partial charge is 0.128 e. The molecule has 2 aromatic rings. The molecule has 0 fully saturated rings. The highest BCUT2D eigenvalue weighted by atomic mass is 19.1. The van der Waals surface area contributed by atoms with E-state index in [4.69, 9.17) is 10.5 Å². The third-order valence-corrected chi connectivity index (χ3v) is 4.28. The summed E-state index contributed by atoms with van der Waals surface area (Å²) in [5, 5.41) is 0. The van der Waals surface area contributed by atoms with Gasteiger partial charge in [-0.1, -0.05) is 49.4 Å². The Morgan fingerprint density at radius 1 is 1.10 bits per heavy atom. The Balaban J connectivity index is 1.74. The van der Waals surface area contributed by atoms with Crippen molar-refractivity contribution in [2.24, 2.45) is 5.73 Å². The van der Waals surface area contributed by atoms with E-state index >= 15 is 0 Å².